The second-order valence-electron chi connectivity index (χ2n) is 1.48. The van der Waals surface area contributed by atoms with Gasteiger partial charge in [-0.25, -0.2) is 0 Å². The zero-order valence-corrected chi connectivity index (χ0v) is 6.39. The molecular weight excluding hydrogens is 182 g/mol. The molecule has 0 unspecified atom stereocenters. The zero-order valence-electron chi connectivity index (χ0n) is 4.12. The number of allylic oxidation sites excluding steroid dienone is 4. The summed E-state index contributed by atoms with van der Waals surface area (Å²) < 4.78 is 0. The maximum Gasteiger partial charge on any atom is 0.200 e. The minimum Gasteiger partial charge on any atom is -0.288 e. The molecule has 0 aromatic carbocycles. The number of ketones is 1. The van der Waals surface area contributed by atoms with Gasteiger partial charge in [0, 0.05) is 6.08 Å². The molecule has 0 aromatic rings. The second-order valence-corrected chi connectivity index (χ2v) is 2.65. The van der Waals surface area contributed by atoms with Crippen molar-refractivity contribution in [3.63, 3.8) is 0 Å². The first-order valence-corrected chi connectivity index (χ1v) is 3.23. The molecule has 1 aliphatic rings. The van der Waals surface area contributed by atoms with E-state index in [1.165, 1.54) is 6.08 Å². The lowest BCUT2D eigenvalue weighted by Crippen LogP contribution is -1.84. The van der Waals surface area contributed by atoms with E-state index in [9.17, 15) is 4.79 Å². The Bertz CT molecular complexity index is 226. The zero-order chi connectivity index (χ0) is 7.02. The number of rotatable bonds is 0. The van der Waals surface area contributed by atoms with Crippen LogP contribution in [0.15, 0.2) is 21.2 Å². The van der Waals surface area contributed by atoms with Crippen LogP contribution in [-0.4, -0.2) is 5.78 Å². The summed E-state index contributed by atoms with van der Waals surface area (Å²) in [5.41, 5.74) is 0. The molecule has 9 heavy (non-hydrogen) atoms. The number of carbonyl (C=O) groups is 1. The third kappa shape index (κ3) is 1.13. The third-order valence-corrected chi connectivity index (χ3v) is 2.14. The summed E-state index contributed by atoms with van der Waals surface area (Å²) >= 11 is 16.2. The Hall–Kier alpha value is 0.0200. The SMILES string of the molecule is O=C1C=C(Cl)C(Cl)=C1Cl. The second kappa shape index (κ2) is 2.33. The van der Waals surface area contributed by atoms with Crippen molar-refractivity contribution < 1.29 is 4.79 Å². The Labute approximate surface area is 66.9 Å². The molecule has 0 spiro atoms. The Kier molecular flexibility index (Phi) is 1.85. The molecule has 1 aliphatic carbocycles. The van der Waals surface area contributed by atoms with E-state index in [-0.39, 0.29) is 20.9 Å². The van der Waals surface area contributed by atoms with Gasteiger partial charge in [0.1, 0.15) is 5.03 Å². The molecular formula is C5HCl3O. The summed E-state index contributed by atoms with van der Waals surface area (Å²) in [7, 11) is 0. The van der Waals surface area contributed by atoms with E-state index in [0.717, 1.165) is 0 Å². The van der Waals surface area contributed by atoms with Gasteiger partial charge in [-0.3, -0.25) is 4.79 Å². The number of hydrogen-bond donors (Lipinski definition) is 0. The van der Waals surface area contributed by atoms with E-state index in [0.29, 0.717) is 0 Å². The first kappa shape index (κ1) is 7.13. The number of halogens is 3. The van der Waals surface area contributed by atoms with Crippen LogP contribution in [0.5, 0.6) is 0 Å². The Morgan fingerprint density at radius 3 is 1.78 bits per heavy atom. The molecule has 1 nitrogen and oxygen atoms in total. The molecule has 0 amide bonds. The molecule has 0 atom stereocenters. The van der Waals surface area contributed by atoms with E-state index in [1.54, 1.807) is 0 Å². The van der Waals surface area contributed by atoms with Crippen LogP contribution in [0.3, 0.4) is 0 Å². The highest BCUT2D eigenvalue weighted by molar-refractivity contribution is 6.57. The third-order valence-electron chi connectivity index (χ3n) is 0.877. The van der Waals surface area contributed by atoms with E-state index >= 15 is 0 Å². The van der Waals surface area contributed by atoms with Gasteiger partial charge in [0.15, 0.2) is 5.78 Å². The van der Waals surface area contributed by atoms with Crippen LogP contribution in [0.2, 0.25) is 0 Å². The summed E-state index contributed by atoms with van der Waals surface area (Å²) in [6, 6.07) is 0. The predicted molar refractivity (Wildman–Crippen MR) is 37.7 cm³/mol. The summed E-state index contributed by atoms with van der Waals surface area (Å²) in [5, 5.41) is 0.358. The highest BCUT2D eigenvalue weighted by Gasteiger charge is 2.19. The number of hydrogen-bond acceptors (Lipinski definition) is 1. The van der Waals surface area contributed by atoms with Crippen molar-refractivity contribution >= 4 is 40.6 Å². The Morgan fingerprint density at radius 2 is 1.67 bits per heavy atom. The molecule has 0 heterocycles. The van der Waals surface area contributed by atoms with Gasteiger partial charge >= 0.3 is 0 Å². The first-order chi connectivity index (χ1) is 4.13. The molecule has 0 aliphatic heterocycles. The molecule has 0 N–H and O–H groups in total. The molecule has 0 saturated carbocycles. The molecule has 0 radical (unpaired) electrons. The minimum absolute atomic E-state index is 0.00154. The summed E-state index contributed by atoms with van der Waals surface area (Å²) in [6.07, 6.45) is 1.19. The van der Waals surface area contributed by atoms with E-state index in [1.807, 2.05) is 0 Å². The van der Waals surface area contributed by atoms with Crippen molar-refractivity contribution in [2.75, 3.05) is 0 Å². The van der Waals surface area contributed by atoms with Crippen molar-refractivity contribution in [3.05, 3.63) is 21.2 Å². The van der Waals surface area contributed by atoms with Crippen molar-refractivity contribution in [3.8, 4) is 0 Å². The lowest BCUT2D eigenvalue weighted by Gasteiger charge is -1.85. The fourth-order valence-corrected chi connectivity index (χ4v) is 1.00. The van der Waals surface area contributed by atoms with Crippen LogP contribution in [0.25, 0.3) is 0 Å². The number of carbonyl (C=O) groups excluding carboxylic acids is 1. The summed E-state index contributed by atoms with van der Waals surface area (Å²) in [6.45, 7) is 0. The molecule has 0 aromatic heterocycles. The summed E-state index contributed by atoms with van der Waals surface area (Å²) in [5.74, 6) is -0.327. The quantitative estimate of drug-likeness (QED) is 0.563. The van der Waals surface area contributed by atoms with Gasteiger partial charge in [-0.1, -0.05) is 34.8 Å². The van der Waals surface area contributed by atoms with Crippen LogP contribution >= 0.6 is 34.8 Å². The van der Waals surface area contributed by atoms with Gasteiger partial charge in [-0.2, -0.15) is 0 Å². The van der Waals surface area contributed by atoms with Crippen LogP contribution in [0.1, 0.15) is 0 Å². The minimum atomic E-state index is -0.327. The topological polar surface area (TPSA) is 17.1 Å². The van der Waals surface area contributed by atoms with Crippen molar-refractivity contribution in [2.45, 2.75) is 0 Å². The molecule has 48 valence electrons. The highest BCUT2D eigenvalue weighted by atomic mass is 35.5. The van der Waals surface area contributed by atoms with E-state index < -0.39 is 0 Å². The highest BCUT2D eigenvalue weighted by Crippen LogP contribution is 2.31. The molecule has 1 rings (SSSR count). The predicted octanol–water partition coefficient (Wildman–Crippen LogP) is 2.38. The summed E-state index contributed by atoms with van der Waals surface area (Å²) in [4.78, 5) is 10.6. The average Bonchev–Trinajstić information content (AvgIpc) is 1.98. The van der Waals surface area contributed by atoms with E-state index in [4.69, 9.17) is 34.8 Å². The Balaban J connectivity index is 3.11. The largest absolute Gasteiger partial charge is 0.288 e. The van der Waals surface area contributed by atoms with Gasteiger partial charge in [0.25, 0.3) is 0 Å². The van der Waals surface area contributed by atoms with Crippen molar-refractivity contribution in [1.29, 1.82) is 0 Å². The normalized spacial score (nSPS) is 19.0. The fourth-order valence-electron chi connectivity index (χ4n) is 0.455. The van der Waals surface area contributed by atoms with Crippen LogP contribution < -0.4 is 0 Å². The molecule has 0 fully saturated rings. The van der Waals surface area contributed by atoms with Gasteiger partial charge in [-0.15, -0.1) is 0 Å². The monoisotopic (exact) mass is 182 g/mol. The van der Waals surface area contributed by atoms with Crippen LogP contribution in [-0.2, 0) is 4.79 Å². The van der Waals surface area contributed by atoms with Crippen LogP contribution in [0, 0.1) is 0 Å². The lowest BCUT2D eigenvalue weighted by atomic mass is 10.4. The van der Waals surface area contributed by atoms with Crippen LogP contribution in [0.4, 0.5) is 0 Å². The average molecular weight is 183 g/mol. The maximum absolute atomic E-state index is 10.6. The van der Waals surface area contributed by atoms with Crippen molar-refractivity contribution in [2.24, 2.45) is 0 Å². The molecule has 0 saturated heterocycles. The van der Waals surface area contributed by atoms with Crippen molar-refractivity contribution in [1.82, 2.24) is 0 Å². The molecule has 4 heteroatoms. The lowest BCUT2D eigenvalue weighted by molar-refractivity contribution is -0.110. The van der Waals surface area contributed by atoms with Gasteiger partial charge in [-0.05, 0) is 0 Å². The Morgan fingerprint density at radius 1 is 1.11 bits per heavy atom. The maximum atomic E-state index is 10.6. The standard InChI is InChI=1S/C5HCl3O/c6-2-1-3(9)5(8)4(2)7/h1H. The fraction of sp³-hybridized carbons (Fsp3) is 0. The smallest absolute Gasteiger partial charge is 0.200 e. The van der Waals surface area contributed by atoms with Gasteiger partial charge in [0.05, 0.1) is 10.1 Å². The van der Waals surface area contributed by atoms with Gasteiger partial charge in [0.2, 0.25) is 0 Å². The van der Waals surface area contributed by atoms with Gasteiger partial charge < -0.3 is 0 Å². The van der Waals surface area contributed by atoms with E-state index in [2.05, 4.69) is 0 Å². The molecule has 0 bridgehead atoms. The first-order valence-electron chi connectivity index (χ1n) is 2.10.